The lowest BCUT2D eigenvalue weighted by molar-refractivity contribution is 0.0304. The highest BCUT2D eigenvalue weighted by Crippen LogP contribution is 2.15. The fourth-order valence-electron chi connectivity index (χ4n) is 2.27. The third-order valence-corrected chi connectivity index (χ3v) is 4.85. The van der Waals surface area contributed by atoms with Crippen LogP contribution in [0.1, 0.15) is 35.2 Å². The lowest BCUT2D eigenvalue weighted by Gasteiger charge is -2.22. The second-order valence-electron chi connectivity index (χ2n) is 5.20. The number of benzene rings is 1. The van der Waals surface area contributed by atoms with Gasteiger partial charge in [-0.15, -0.1) is 0 Å². The van der Waals surface area contributed by atoms with Crippen LogP contribution in [0.4, 0.5) is 4.39 Å². The molecule has 122 valence electrons. The van der Waals surface area contributed by atoms with Gasteiger partial charge in [0.2, 0.25) is 10.0 Å². The van der Waals surface area contributed by atoms with Crippen LogP contribution in [-0.2, 0) is 21.3 Å². The van der Waals surface area contributed by atoms with E-state index in [0.717, 1.165) is 31.0 Å². The summed E-state index contributed by atoms with van der Waals surface area (Å²) < 4.78 is 45.2. The van der Waals surface area contributed by atoms with E-state index in [9.17, 15) is 17.6 Å². The van der Waals surface area contributed by atoms with E-state index in [1.54, 1.807) is 0 Å². The summed E-state index contributed by atoms with van der Waals surface area (Å²) in [4.78, 5) is 10.9. The monoisotopic (exact) mass is 331 g/mol. The molecule has 1 heterocycles. The van der Waals surface area contributed by atoms with E-state index in [4.69, 9.17) is 9.84 Å². The summed E-state index contributed by atoms with van der Waals surface area (Å²) in [5, 5.41) is 8.87. The van der Waals surface area contributed by atoms with Crippen molar-refractivity contribution >= 4 is 16.0 Å². The van der Waals surface area contributed by atoms with Crippen LogP contribution in [0.2, 0.25) is 0 Å². The van der Waals surface area contributed by atoms with Crippen molar-refractivity contribution in [1.29, 1.82) is 0 Å². The summed E-state index contributed by atoms with van der Waals surface area (Å²) in [5.41, 5.74) is -0.0979. The first kappa shape index (κ1) is 16.9. The van der Waals surface area contributed by atoms with Gasteiger partial charge in [-0.2, -0.15) is 0 Å². The van der Waals surface area contributed by atoms with E-state index < -0.39 is 21.8 Å². The molecule has 0 aliphatic carbocycles. The zero-order chi connectivity index (χ0) is 16.2. The fraction of sp³-hybridized carbons (Fsp3) is 0.500. The molecule has 1 aliphatic heterocycles. The van der Waals surface area contributed by atoms with Gasteiger partial charge >= 0.3 is 5.97 Å². The molecule has 22 heavy (non-hydrogen) atoms. The van der Waals surface area contributed by atoms with E-state index in [1.165, 1.54) is 0 Å². The predicted octanol–water partition coefficient (Wildman–Crippen LogP) is 1.51. The topological polar surface area (TPSA) is 92.7 Å². The van der Waals surface area contributed by atoms with Crippen LogP contribution in [0.25, 0.3) is 0 Å². The highest BCUT2D eigenvalue weighted by molar-refractivity contribution is 7.89. The van der Waals surface area contributed by atoms with Gasteiger partial charge in [-0.05, 0) is 37.5 Å². The SMILES string of the molecule is O=C(O)c1ccc(F)c(CNS(=O)(=O)CC2CCCCO2)c1. The highest BCUT2D eigenvalue weighted by atomic mass is 32.2. The molecular formula is C14H18FNO5S. The lowest BCUT2D eigenvalue weighted by Crippen LogP contribution is -2.35. The molecule has 6 nitrogen and oxygen atoms in total. The largest absolute Gasteiger partial charge is 0.478 e. The van der Waals surface area contributed by atoms with Gasteiger partial charge in [0.1, 0.15) is 5.82 Å². The van der Waals surface area contributed by atoms with E-state index in [1.807, 2.05) is 0 Å². The Labute approximate surface area is 128 Å². The average molecular weight is 331 g/mol. The molecule has 2 rings (SSSR count). The minimum Gasteiger partial charge on any atom is -0.478 e. The number of aromatic carboxylic acids is 1. The van der Waals surface area contributed by atoms with Crippen LogP contribution in [0.3, 0.4) is 0 Å². The van der Waals surface area contributed by atoms with Crippen LogP contribution in [-0.4, -0.2) is 38.0 Å². The quantitative estimate of drug-likeness (QED) is 0.824. The van der Waals surface area contributed by atoms with Crippen LogP contribution in [0, 0.1) is 5.82 Å². The molecule has 1 aromatic rings. The molecule has 1 unspecified atom stereocenters. The Balaban J connectivity index is 1.99. The van der Waals surface area contributed by atoms with E-state index in [-0.39, 0.29) is 29.5 Å². The van der Waals surface area contributed by atoms with Gasteiger partial charge in [0.25, 0.3) is 0 Å². The molecule has 1 aliphatic rings. The Kier molecular flexibility index (Phi) is 5.49. The molecule has 1 aromatic carbocycles. The van der Waals surface area contributed by atoms with E-state index in [0.29, 0.717) is 13.0 Å². The van der Waals surface area contributed by atoms with Gasteiger partial charge in [-0.1, -0.05) is 0 Å². The summed E-state index contributed by atoms with van der Waals surface area (Å²) >= 11 is 0. The van der Waals surface area contributed by atoms with Gasteiger partial charge in [-0.3, -0.25) is 0 Å². The third kappa shape index (κ3) is 4.75. The molecule has 0 aromatic heterocycles. The first-order valence-electron chi connectivity index (χ1n) is 6.98. The highest BCUT2D eigenvalue weighted by Gasteiger charge is 2.22. The number of sulfonamides is 1. The van der Waals surface area contributed by atoms with Crippen molar-refractivity contribution in [3.05, 3.63) is 35.1 Å². The van der Waals surface area contributed by atoms with E-state index >= 15 is 0 Å². The fourth-order valence-corrected chi connectivity index (χ4v) is 3.52. The molecule has 0 spiro atoms. The first-order valence-corrected chi connectivity index (χ1v) is 8.63. The summed E-state index contributed by atoms with van der Waals surface area (Å²) in [6, 6.07) is 3.26. The number of carboxylic acid groups (broad SMARTS) is 1. The van der Waals surface area contributed by atoms with Crippen molar-refractivity contribution < 1.29 is 27.4 Å². The molecule has 1 atom stereocenters. The standard InChI is InChI=1S/C14H18FNO5S/c15-13-5-4-10(14(17)18)7-11(13)8-16-22(19,20)9-12-3-1-2-6-21-12/h4-5,7,12,16H,1-3,6,8-9H2,(H,17,18). The second kappa shape index (κ2) is 7.17. The zero-order valence-electron chi connectivity index (χ0n) is 11.9. The van der Waals surface area contributed by atoms with Crippen molar-refractivity contribution in [1.82, 2.24) is 4.72 Å². The molecule has 0 saturated carbocycles. The normalized spacial score (nSPS) is 19.0. The van der Waals surface area contributed by atoms with Crippen molar-refractivity contribution in [2.45, 2.75) is 31.9 Å². The van der Waals surface area contributed by atoms with Crippen molar-refractivity contribution in [3.8, 4) is 0 Å². The number of hydrogen-bond acceptors (Lipinski definition) is 4. The number of halogens is 1. The molecule has 2 N–H and O–H groups in total. The minimum absolute atomic E-state index is 0.00645. The molecule has 0 amide bonds. The van der Waals surface area contributed by atoms with Gasteiger partial charge in [0.15, 0.2) is 0 Å². The number of carboxylic acids is 1. The van der Waals surface area contributed by atoms with Crippen LogP contribution < -0.4 is 4.72 Å². The Morgan fingerprint density at radius 1 is 1.41 bits per heavy atom. The molecule has 8 heteroatoms. The smallest absolute Gasteiger partial charge is 0.335 e. The third-order valence-electron chi connectivity index (χ3n) is 3.45. The predicted molar refractivity (Wildman–Crippen MR) is 77.6 cm³/mol. The maximum absolute atomic E-state index is 13.6. The minimum atomic E-state index is -3.62. The maximum Gasteiger partial charge on any atom is 0.335 e. The first-order chi connectivity index (χ1) is 10.4. The number of hydrogen-bond donors (Lipinski definition) is 2. The molecule has 1 fully saturated rings. The number of ether oxygens (including phenoxy) is 1. The Bertz CT molecular complexity index is 641. The Morgan fingerprint density at radius 3 is 2.82 bits per heavy atom. The van der Waals surface area contributed by atoms with Gasteiger partial charge in [-0.25, -0.2) is 22.3 Å². The zero-order valence-corrected chi connectivity index (χ0v) is 12.7. The summed E-state index contributed by atoms with van der Waals surface area (Å²) in [7, 11) is -3.62. The van der Waals surface area contributed by atoms with Crippen molar-refractivity contribution in [2.75, 3.05) is 12.4 Å². The van der Waals surface area contributed by atoms with E-state index in [2.05, 4.69) is 4.72 Å². The van der Waals surface area contributed by atoms with Crippen LogP contribution in [0.15, 0.2) is 18.2 Å². The van der Waals surface area contributed by atoms with Crippen molar-refractivity contribution in [2.24, 2.45) is 0 Å². The molecule has 0 bridgehead atoms. The van der Waals surface area contributed by atoms with Gasteiger partial charge in [0.05, 0.1) is 17.4 Å². The molecular weight excluding hydrogens is 313 g/mol. The van der Waals surface area contributed by atoms with Crippen LogP contribution in [0.5, 0.6) is 0 Å². The van der Waals surface area contributed by atoms with Gasteiger partial charge < -0.3 is 9.84 Å². The molecule has 0 radical (unpaired) electrons. The summed E-state index contributed by atoms with van der Waals surface area (Å²) in [6.07, 6.45) is 2.19. The van der Waals surface area contributed by atoms with Gasteiger partial charge in [0, 0.05) is 18.7 Å². The summed E-state index contributed by atoms with van der Waals surface area (Å²) in [5.74, 6) is -2.02. The second-order valence-corrected chi connectivity index (χ2v) is 7.05. The maximum atomic E-state index is 13.6. The lowest BCUT2D eigenvalue weighted by atomic mass is 10.1. The van der Waals surface area contributed by atoms with Crippen molar-refractivity contribution in [3.63, 3.8) is 0 Å². The molecule has 1 saturated heterocycles. The Hall–Kier alpha value is -1.51. The summed E-state index contributed by atoms with van der Waals surface area (Å²) in [6.45, 7) is 0.261. The Morgan fingerprint density at radius 2 is 2.18 bits per heavy atom. The number of nitrogens with one attached hydrogen (secondary N) is 1. The number of carbonyl (C=O) groups is 1. The van der Waals surface area contributed by atoms with Crippen LogP contribution >= 0.6 is 0 Å². The number of rotatable bonds is 6. The average Bonchev–Trinajstić information content (AvgIpc) is 2.46.